The van der Waals surface area contributed by atoms with Crippen molar-refractivity contribution in [2.75, 3.05) is 5.32 Å². The first-order chi connectivity index (χ1) is 11.1. The van der Waals surface area contributed by atoms with Crippen LogP contribution in [0, 0.1) is 0 Å². The van der Waals surface area contributed by atoms with Gasteiger partial charge in [-0.3, -0.25) is 14.6 Å². The summed E-state index contributed by atoms with van der Waals surface area (Å²) in [6.45, 7) is 1.61. The van der Waals surface area contributed by atoms with Crippen LogP contribution in [0.5, 0.6) is 0 Å². The summed E-state index contributed by atoms with van der Waals surface area (Å²) >= 11 is 0. The van der Waals surface area contributed by atoms with E-state index in [1.54, 1.807) is 25.3 Å². The van der Waals surface area contributed by atoms with Gasteiger partial charge in [0, 0.05) is 17.3 Å². The van der Waals surface area contributed by atoms with E-state index in [4.69, 9.17) is 4.42 Å². The molecule has 0 saturated carbocycles. The third-order valence-electron chi connectivity index (χ3n) is 3.36. The Morgan fingerprint density at radius 1 is 1.17 bits per heavy atom. The molecule has 3 rings (SSSR count). The summed E-state index contributed by atoms with van der Waals surface area (Å²) in [7, 11) is 0. The Morgan fingerprint density at radius 3 is 2.83 bits per heavy atom. The fourth-order valence-corrected chi connectivity index (χ4v) is 2.14. The number of benzene rings is 1. The van der Waals surface area contributed by atoms with Crippen LogP contribution in [0.4, 0.5) is 5.69 Å². The number of fused-ring (bicyclic) bond motifs is 1. The Kier molecular flexibility index (Phi) is 4.05. The minimum Gasteiger partial charge on any atom is -0.459 e. The number of nitrogens with one attached hydrogen (secondary N) is 2. The van der Waals surface area contributed by atoms with Crippen LogP contribution in [0.15, 0.2) is 59.3 Å². The van der Waals surface area contributed by atoms with E-state index in [0.29, 0.717) is 5.69 Å². The first-order valence-electron chi connectivity index (χ1n) is 7.13. The number of hydrogen-bond acceptors (Lipinski definition) is 4. The van der Waals surface area contributed by atoms with Crippen LogP contribution < -0.4 is 10.6 Å². The third-order valence-corrected chi connectivity index (χ3v) is 3.36. The average molecular weight is 309 g/mol. The summed E-state index contributed by atoms with van der Waals surface area (Å²) in [5, 5.41) is 6.28. The molecule has 23 heavy (non-hydrogen) atoms. The van der Waals surface area contributed by atoms with Crippen LogP contribution in [0.2, 0.25) is 0 Å². The zero-order chi connectivity index (χ0) is 16.2. The Labute approximate surface area is 132 Å². The third kappa shape index (κ3) is 3.37. The van der Waals surface area contributed by atoms with Gasteiger partial charge in [-0.15, -0.1) is 0 Å². The van der Waals surface area contributed by atoms with Crippen molar-refractivity contribution in [3.05, 3.63) is 60.7 Å². The van der Waals surface area contributed by atoms with Crippen LogP contribution in [-0.4, -0.2) is 22.8 Å². The molecule has 0 aliphatic heterocycles. The highest BCUT2D eigenvalue weighted by molar-refractivity contribution is 6.00. The Hall–Kier alpha value is -3.15. The average Bonchev–Trinajstić information content (AvgIpc) is 3.09. The van der Waals surface area contributed by atoms with Crippen LogP contribution in [0.1, 0.15) is 17.5 Å². The van der Waals surface area contributed by atoms with Gasteiger partial charge in [0.15, 0.2) is 5.76 Å². The predicted molar refractivity (Wildman–Crippen MR) is 86.0 cm³/mol. The van der Waals surface area contributed by atoms with E-state index in [1.807, 2.05) is 24.3 Å². The molecule has 0 saturated heterocycles. The second kappa shape index (κ2) is 6.31. The van der Waals surface area contributed by atoms with E-state index in [0.717, 1.165) is 10.9 Å². The standard InChI is InChI=1S/C17H15N3O3/c1-11(19-17(22)15-5-3-9-23-15)16(21)20-13-6-7-14-12(10-13)4-2-8-18-14/h2-11H,1H3,(H,19,22)(H,20,21)/t11-/m1/s1. The van der Waals surface area contributed by atoms with Crippen molar-refractivity contribution in [3.63, 3.8) is 0 Å². The van der Waals surface area contributed by atoms with E-state index in [9.17, 15) is 9.59 Å². The van der Waals surface area contributed by atoms with Crippen LogP contribution in [0.3, 0.4) is 0 Å². The molecule has 0 aliphatic carbocycles. The van der Waals surface area contributed by atoms with Crippen LogP contribution >= 0.6 is 0 Å². The molecule has 1 aromatic carbocycles. The fourth-order valence-electron chi connectivity index (χ4n) is 2.14. The van der Waals surface area contributed by atoms with Crippen molar-refractivity contribution < 1.29 is 14.0 Å². The van der Waals surface area contributed by atoms with Crippen molar-refractivity contribution in [1.29, 1.82) is 0 Å². The molecule has 1 atom stereocenters. The molecule has 0 unspecified atom stereocenters. The van der Waals surface area contributed by atoms with Gasteiger partial charge in [0.2, 0.25) is 5.91 Å². The Balaban J connectivity index is 1.66. The van der Waals surface area contributed by atoms with Gasteiger partial charge >= 0.3 is 0 Å². The van der Waals surface area contributed by atoms with Crippen molar-refractivity contribution in [3.8, 4) is 0 Å². The molecule has 6 nitrogen and oxygen atoms in total. The fraction of sp³-hybridized carbons (Fsp3) is 0.118. The number of carbonyl (C=O) groups excluding carboxylic acids is 2. The number of carbonyl (C=O) groups is 2. The molecular formula is C17H15N3O3. The number of pyridine rings is 1. The van der Waals surface area contributed by atoms with Gasteiger partial charge in [0.1, 0.15) is 6.04 Å². The summed E-state index contributed by atoms with van der Waals surface area (Å²) in [5.74, 6) is -0.574. The lowest BCUT2D eigenvalue weighted by Crippen LogP contribution is -2.41. The first-order valence-corrected chi connectivity index (χ1v) is 7.13. The van der Waals surface area contributed by atoms with E-state index < -0.39 is 11.9 Å². The summed E-state index contributed by atoms with van der Waals surface area (Å²) in [6, 6.07) is 11.6. The number of nitrogens with zero attached hydrogens (tertiary/aromatic N) is 1. The molecule has 3 aromatic rings. The van der Waals surface area contributed by atoms with E-state index >= 15 is 0 Å². The predicted octanol–water partition coefficient (Wildman–Crippen LogP) is 2.58. The van der Waals surface area contributed by atoms with Gasteiger partial charge in [-0.25, -0.2) is 0 Å². The lowest BCUT2D eigenvalue weighted by Gasteiger charge is -2.13. The quantitative estimate of drug-likeness (QED) is 0.776. The van der Waals surface area contributed by atoms with Gasteiger partial charge in [-0.05, 0) is 43.3 Å². The number of aromatic nitrogens is 1. The van der Waals surface area contributed by atoms with Crippen LogP contribution in [-0.2, 0) is 4.79 Å². The molecule has 6 heteroatoms. The molecule has 0 bridgehead atoms. The molecule has 2 aromatic heterocycles. The van der Waals surface area contributed by atoms with E-state index in [2.05, 4.69) is 15.6 Å². The minimum atomic E-state index is -0.697. The highest BCUT2D eigenvalue weighted by Crippen LogP contribution is 2.17. The SMILES string of the molecule is C[C@@H](NC(=O)c1ccco1)C(=O)Nc1ccc2ncccc2c1. The summed E-state index contributed by atoms with van der Waals surface area (Å²) in [5.41, 5.74) is 1.50. The molecule has 0 aliphatic rings. The monoisotopic (exact) mass is 309 g/mol. The molecule has 0 radical (unpaired) electrons. The maximum absolute atomic E-state index is 12.2. The normalized spacial score (nSPS) is 11.9. The molecule has 0 fully saturated rings. The summed E-state index contributed by atoms with van der Waals surface area (Å²) in [4.78, 5) is 28.3. The Bertz CT molecular complexity index is 843. The van der Waals surface area contributed by atoms with Gasteiger partial charge in [0.05, 0.1) is 11.8 Å². The maximum Gasteiger partial charge on any atom is 0.287 e. The van der Waals surface area contributed by atoms with Gasteiger partial charge in [-0.1, -0.05) is 6.07 Å². The molecular weight excluding hydrogens is 294 g/mol. The van der Waals surface area contributed by atoms with Gasteiger partial charge in [0.25, 0.3) is 5.91 Å². The minimum absolute atomic E-state index is 0.168. The zero-order valence-electron chi connectivity index (χ0n) is 12.4. The van der Waals surface area contributed by atoms with Gasteiger partial charge < -0.3 is 15.1 Å². The molecule has 2 heterocycles. The second-order valence-corrected chi connectivity index (χ2v) is 5.07. The maximum atomic E-state index is 12.2. The molecule has 0 spiro atoms. The van der Waals surface area contributed by atoms with Crippen molar-refractivity contribution in [1.82, 2.24) is 10.3 Å². The summed E-state index contributed by atoms with van der Waals surface area (Å²) in [6.07, 6.45) is 3.12. The highest BCUT2D eigenvalue weighted by atomic mass is 16.3. The van der Waals surface area contributed by atoms with Gasteiger partial charge in [-0.2, -0.15) is 0 Å². The number of furan rings is 1. The number of rotatable bonds is 4. The lowest BCUT2D eigenvalue weighted by atomic mass is 10.2. The van der Waals surface area contributed by atoms with E-state index in [-0.39, 0.29) is 11.7 Å². The molecule has 116 valence electrons. The smallest absolute Gasteiger partial charge is 0.287 e. The first kappa shape index (κ1) is 14.8. The van der Waals surface area contributed by atoms with Crippen molar-refractivity contribution in [2.45, 2.75) is 13.0 Å². The summed E-state index contributed by atoms with van der Waals surface area (Å²) < 4.78 is 4.99. The highest BCUT2D eigenvalue weighted by Gasteiger charge is 2.18. The largest absolute Gasteiger partial charge is 0.459 e. The Morgan fingerprint density at radius 2 is 2.04 bits per heavy atom. The molecule has 2 amide bonds. The van der Waals surface area contributed by atoms with Crippen molar-refractivity contribution >= 4 is 28.4 Å². The zero-order valence-corrected chi connectivity index (χ0v) is 12.4. The number of hydrogen-bond donors (Lipinski definition) is 2. The number of anilines is 1. The number of amides is 2. The van der Waals surface area contributed by atoms with Crippen LogP contribution in [0.25, 0.3) is 10.9 Å². The second-order valence-electron chi connectivity index (χ2n) is 5.07. The molecule has 2 N–H and O–H groups in total. The van der Waals surface area contributed by atoms with Crippen molar-refractivity contribution in [2.24, 2.45) is 0 Å². The van der Waals surface area contributed by atoms with E-state index in [1.165, 1.54) is 12.3 Å². The topological polar surface area (TPSA) is 84.2 Å². The lowest BCUT2D eigenvalue weighted by molar-refractivity contribution is -0.117.